The van der Waals surface area contributed by atoms with Crippen LogP contribution < -0.4 is 10.2 Å². The average Bonchev–Trinajstić information content (AvgIpc) is 3.72. The first-order valence-corrected chi connectivity index (χ1v) is 11.6. The number of pyridine rings is 1. The number of rotatable bonds is 5. The number of carbonyl (C=O) groups is 2. The van der Waals surface area contributed by atoms with Gasteiger partial charge in [-0.3, -0.25) is 9.78 Å². The lowest BCUT2D eigenvalue weighted by Gasteiger charge is -2.36. The molecule has 3 aromatic rings. The number of piperazine rings is 1. The van der Waals surface area contributed by atoms with E-state index in [0.29, 0.717) is 37.8 Å². The third-order valence-electron chi connectivity index (χ3n) is 5.88. The Balaban J connectivity index is 0.000000426. The number of hydrogen-bond donors (Lipinski definition) is 2. The number of aliphatic carboxylic acids is 1. The molecule has 1 aliphatic heterocycles. The minimum absolute atomic E-state index is 0.0820. The Morgan fingerprint density at radius 1 is 0.974 bits per heavy atom. The van der Waals surface area contributed by atoms with Crippen LogP contribution in [0.25, 0.3) is 11.0 Å². The van der Waals surface area contributed by atoms with Gasteiger partial charge in [0, 0.05) is 49.5 Å². The standard InChI is InChI=1S/C22H22F2N6O.C2HF3O2/c23-19(24)14-1-3-15(4-2-14)22(31)30-11-9-29(10-12-30)21-20(26-16-5-6-16)27-17-7-8-25-13-18(17)28-21;3-2(4,5)1(6)7/h1-4,7-8,13,16,19H,5-6,9-12H2,(H,26,27);(H,6,7). The predicted octanol–water partition coefficient (Wildman–Crippen LogP) is 4.13. The van der Waals surface area contributed by atoms with Crippen LogP contribution in [0.4, 0.5) is 33.6 Å². The number of halogens is 5. The lowest BCUT2D eigenvalue weighted by molar-refractivity contribution is -0.192. The molecule has 0 atom stereocenters. The third-order valence-corrected chi connectivity index (χ3v) is 5.88. The molecule has 14 heteroatoms. The van der Waals surface area contributed by atoms with E-state index in [-0.39, 0.29) is 11.5 Å². The highest BCUT2D eigenvalue weighted by Crippen LogP contribution is 2.31. The summed E-state index contributed by atoms with van der Waals surface area (Å²) in [6.45, 7) is 2.26. The Morgan fingerprint density at radius 2 is 1.61 bits per heavy atom. The van der Waals surface area contributed by atoms with Crippen LogP contribution in [0.3, 0.4) is 0 Å². The van der Waals surface area contributed by atoms with Crippen molar-refractivity contribution in [2.45, 2.75) is 31.5 Å². The number of aromatic nitrogens is 3. The number of nitrogens with zero attached hydrogens (tertiary/aromatic N) is 5. The van der Waals surface area contributed by atoms with Gasteiger partial charge in [-0.1, -0.05) is 12.1 Å². The van der Waals surface area contributed by atoms with Crippen LogP contribution in [0.2, 0.25) is 0 Å². The summed E-state index contributed by atoms with van der Waals surface area (Å²) in [7, 11) is 0. The molecule has 2 N–H and O–H groups in total. The van der Waals surface area contributed by atoms with Crippen LogP contribution in [0.1, 0.15) is 35.2 Å². The van der Waals surface area contributed by atoms with E-state index < -0.39 is 18.6 Å². The number of nitrogens with one attached hydrogen (secondary N) is 1. The predicted molar refractivity (Wildman–Crippen MR) is 127 cm³/mol. The molecule has 0 radical (unpaired) electrons. The summed E-state index contributed by atoms with van der Waals surface area (Å²) in [4.78, 5) is 39.3. The van der Waals surface area contributed by atoms with Crippen LogP contribution in [-0.2, 0) is 4.79 Å². The van der Waals surface area contributed by atoms with E-state index in [4.69, 9.17) is 19.9 Å². The van der Waals surface area contributed by atoms with E-state index in [2.05, 4.69) is 15.2 Å². The van der Waals surface area contributed by atoms with Crippen molar-refractivity contribution in [1.29, 1.82) is 0 Å². The van der Waals surface area contributed by atoms with Crippen molar-refractivity contribution in [2.24, 2.45) is 0 Å². The van der Waals surface area contributed by atoms with Crippen molar-refractivity contribution >= 4 is 34.5 Å². The van der Waals surface area contributed by atoms with E-state index >= 15 is 0 Å². The van der Waals surface area contributed by atoms with Crippen molar-refractivity contribution in [3.63, 3.8) is 0 Å². The minimum atomic E-state index is -5.08. The number of carboxylic acids is 1. The molecular weight excluding hydrogens is 515 g/mol. The second-order valence-corrected chi connectivity index (χ2v) is 8.68. The number of benzene rings is 1. The summed E-state index contributed by atoms with van der Waals surface area (Å²) >= 11 is 0. The molecule has 38 heavy (non-hydrogen) atoms. The first-order chi connectivity index (χ1) is 18.0. The summed E-state index contributed by atoms with van der Waals surface area (Å²) < 4.78 is 57.2. The number of anilines is 2. The number of hydrogen-bond acceptors (Lipinski definition) is 7. The summed E-state index contributed by atoms with van der Waals surface area (Å²) in [5.41, 5.74) is 1.87. The SMILES string of the molecule is O=C(O)C(F)(F)F.O=C(c1ccc(C(F)F)cc1)N1CCN(c2nc3cnccc3nc2NC2CC2)CC1. The van der Waals surface area contributed by atoms with Gasteiger partial charge in [-0.2, -0.15) is 13.2 Å². The molecule has 1 amide bonds. The topological polar surface area (TPSA) is 112 Å². The monoisotopic (exact) mass is 538 g/mol. The molecule has 0 unspecified atom stereocenters. The molecule has 5 rings (SSSR count). The molecule has 9 nitrogen and oxygen atoms in total. The van der Waals surface area contributed by atoms with E-state index in [1.165, 1.54) is 24.3 Å². The fourth-order valence-electron chi connectivity index (χ4n) is 3.71. The average molecular weight is 538 g/mol. The fraction of sp³-hybridized carbons (Fsp3) is 0.375. The summed E-state index contributed by atoms with van der Waals surface area (Å²) in [5, 5.41) is 10.6. The number of carbonyl (C=O) groups excluding carboxylic acids is 1. The van der Waals surface area contributed by atoms with Gasteiger partial charge in [-0.05, 0) is 31.0 Å². The number of fused-ring (bicyclic) bond motifs is 1. The van der Waals surface area contributed by atoms with Gasteiger partial charge in [0.1, 0.15) is 5.52 Å². The molecule has 1 aromatic carbocycles. The molecule has 3 heterocycles. The highest BCUT2D eigenvalue weighted by molar-refractivity contribution is 5.94. The number of amides is 1. The molecule has 1 saturated heterocycles. The van der Waals surface area contributed by atoms with Gasteiger partial charge in [0.25, 0.3) is 12.3 Å². The Kier molecular flexibility index (Phi) is 7.88. The van der Waals surface area contributed by atoms with E-state index in [1.54, 1.807) is 17.3 Å². The maximum atomic E-state index is 12.8. The van der Waals surface area contributed by atoms with E-state index in [1.807, 2.05) is 6.07 Å². The van der Waals surface area contributed by atoms with Crippen LogP contribution >= 0.6 is 0 Å². The Labute approximate surface area is 213 Å². The lowest BCUT2D eigenvalue weighted by Crippen LogP contribution is -2.49. The molecule has 202 valence electrons. The Morgan fingerprint density at radius 3 is 2.16 bits per heavy atom. The van der Waals surface area contributed by atoms with Crippen LogP contribution in [0.5, 0.6) is 0 Å². The summed E-state index contributed by atoms with van der Waals surface area (Å²) in [5.74, 6) is -1.36. The molecule has 0 spiro atoms. The van der Waals surface area contributed by atoms with Gasteiger partial charge in [0.15, 0.2) is 11.6 Å². The molecule has 0 bridgehead atoms. The van der Waals surface area contributed by atoms with Crippen molar-refractivity contribution in [3.05, 3.63) is 53.9 Å². The van der Waals surface area contributed by atoms with Crippen molar-refractivity contribution in [1.82, 2.24) is 19.9 Å². The summed E-state index contributed by atoms with van der Waals surface area (Å²) in [6.07, 6.45) is -1.96. The normalized spacial score (nSPS) is 15.7. The Hall–Kier alpha value is -4.10. The zero-order valence-corrected chi connectivity index (χ0v) is 19.8. The fourth-order valence-corrected chi connectivity index (χ4v) is 3.71. The van der Waals surface area contributed by atoms with Crippen molar-refractivity contribution < 1.29 is 36.6 Å². The van der Waals surface area contributed by atoms with Crippen LogP contribution in [0, 0.1) is 0 Å². The van der Waals surface area contributed by atoms with Crippen LogP contribution in [-0.4, -0.2) is 75.2 Å². The second kappa shape index (κ2) is 11.1. The quantitative estimate of drug-likeness (QED) is 0.467. The maximum Gasteiger partial charge on any atom is 0.490 e. The van der Waals surface area contributed by atoms with E-state index in [9.17, 15) is 26.7 Å². The molecule has 2 aromatic heterocycles. The van der Waals surface area contributed by atoms with Crippen molar-refractivity contribution in [3.8, 4) is 0 Å². The molecular formula is C24H23F5N6O3. The smallest absolute Gasteiger partial charge is 0.475 e. The largest absolute Gasteiger partial charge is 0.490 e. The second-order valence-electron chi connectivity index (χ2n) is 8.68. The zero-order chi connectivity index (χ0) is 27.4. The third kappa shape index (κ3) is 6.61. The highest BCUT2D eigenvalue weighted by atomic mass is 19.4. The first-order valence-electron chi connectivity index (χ1n) is 11.6. The van der Waals surface area contributed by atoms with Gasteiger partial charge in [0.2, 0.25) is 0 Å². The van der Waals surface area contributed by atoms with Gasteiger partial charge >= 0.3 is 12.1 Å². The molecule has 2 fully saturated rings. The molecule has 2 aliphatic rings. The highest BCUT2D eigenvalue weighted by Gasteiger charge is 2.38. The number of alkyl halides is 5. The molecule has 1 aliphatic carbocycles. The van der Waals surface area contributed by atoms with Gasteiger partial charge in [0.05, 0.1) is 11.7 Å². The van der Waals surface area contributed by atoms with Gasteiger partial charge < -0.3 is 20.2 Å². The van der Waals surface area contributed by atoms with E-state index in [0.717, 1.165) is 35.5 Å². The molecule has 1 saturated carbocycles. The first kappa shape index (κ1) is 26.9. The van der Waals surface area contributed by atoms with Crippen molar-refractivity contribution in [2.75, 3.05) is 36.4 Å². The lowest BCUT2D eigenvalue weighted by atomic mass is 10.1. The van der Waals surface area contributed by atoms with Gasteiger partial charge in [-0.25, -0.2) is 23.5 Å². The van der Waals surface area contributed by atoms with Gasteiger partial charge in [-0.15, -0.1) is 0 Å². The number of carboxylic acid groups (broad SMARTS) is 1. The Bertz CT molecular complexity index is 1290. The van der Waals surface area contributed by atoms with Crippen LogP contribution in [0.15, 0.2) is 42.7 Å². The maximum absolute atomic E-state index is 12.8. The zero-order valence-electron chi connectivity index (χ0n) is 19.8. The summed E-state index contributed by atoms with van der Waals surface area (Å²) in [6, 6.07) is 7.84. The minimum Gasteiger partial charge on any atom is -0.475 e.